The van der Waals surface area contributed by atoms with Crippen LogP contribution in [0.5, 0.6) is 0 Å². The van der Waals surface area contributed by atoms with E-state index in [1.54, 1.807) is 11.9 Å². The van der Waals surface area contributed by atoms with Gasteiger partial charge in [-0.05, 0) is 13.3 Å². The molecule has 2 atom stereocenters. The van der Waals surface area contributed by atoms with Crippen LogP contribution in [0.4, 0.5) is 0 Å². The Bertz CT molecular complexity index is 279. The summed E-state index contributed by atoms with van der Waals surface area (Å²) in [5.74, 6) is -0.0448. The van der Waals surface area contributed by atoms with Gasteiger partial charge in [-0.25, -0.2) is 0 Å². The van der Waals surface area contributed by atoms with Crippen molar-refractivity contribution in [3.8, 4) is 0 Å². The standard InChI is InChI=1S/C13H24N2O2/c1-4-5-6-7-10(2)14-13(17)11-8-12(16)15(3)9-11/h10-11H,4-9H2,1-3H3,(H,14,17)/t10-,11+/m1/s1. The Hall–Kier alpha value is -1.06. The van der Waals surface area contributed by atoms with E-state index >= 15 is 0 Å². The molecule has 1 heterocycles. The maximum Gasteiger partial charge on any atom is 0.225 e. The van der Waals surface area contributed by atoms with Crippen molar-refractivity contribution in [1.29, 1.82) is 0 Å². The average Bonchev–Trinajstić information content (AvgIpc) is 2.60. The number of rotatable bonds is 6. The van der Waals surface area contributed by atoms with Gasteiger partial charge in [-0.1, -0.05) is 26.2 Å². The minimum Gasteiger partial charge on any atom is -0.353 e. The lowest BCUT2D eigenvalue weighted by Gasteiger charge is -2.16. The molecule has 0 bridgehead atoms. The Morgan fingerprint density at radius 2 is 2.24 bits per heavy atom. The van der Waals surface area contributed by atoms with Gasteiger partial charge in [0.1, 0.15) is 0 Å². The highest BCUT2D eigenvalue weighted by Crippen LogP contribution is 2.16. The fourth-order valence-corrected chi connectivity index (χ4v) is 2.17. The Balaban J connectivity index is 2.27. The number of hydrogen-bond acceptors (Lipinski definition) is 2. The summed E-state index contributed by atoms with van der Waals surface area (Å²) in [5, 5.41) is 3.00. The molecule has 1 fully saturated rings. The van der Waals surface area contributed by atoms with Crippen LogP contribution in [-0.4, -0.2) is 36.3 Å². The van der Waals surface area contributed by atoms with Gasteiger partial charge < -0.3 is 10.2 Å². The normalized spacial score (nSPS) is 21.7. The van der Waals surface area contributed by atoms with Gasteiger partial charge in [0.05, 0.1) is 5.92 Å². The molecule has 4 heteroatoms. The number of nitrogens with one attached hydrogen (secondary N) is 1. The summed E-state index contributed by atoms with van der Waals surface area (Å²) in [4.78, 5) is 24.9. The molecule has 1 saturated heterocycles. The summed E-state index contributed by atoms with van der Waals surface area (Å²) in [5.41, 5.74) is 0. The maximum atomic E-state index is 11.9. The van der Waals surface area contributed by atoms with Crippen LogP contribution in [0, 0.1) is 5.92 Å². The Kier molecular flexibility index (Phi) is 5.45. The molecule has 1 aliphatic rings. The summed E-state index contributed by atoms with van der Waals surface area (Å²) in [7, 11) is 1.75. The number of carbonyl (C=O) groups is 2. The molecule has 0 aromatic rings. The first-order chi connectivity index (χ1) is 8.04. The summed E-state index contributed by atoms with van der Waals surface area (Å²) < 4.78 is 0. The molecule has 0 aliphatic carbocycles. The first kappa shape index (κ1) is 14.0. The van der Waals surface area contributed by atoms with Gasteiger partial charge in [-0.15, -0.1) is 0 Å². The predicted molar refractivity (Wildman–Crippen MR) is 67.5 cm³/mol. The Labute approximate surface area is 104 Å². The molecule has 98 valence electrons. The van der Waals surface area contributed by atoms with Crippen LogP contribution in [0.1, 0.15) is 46.0 Å². The van der Waals surface area contributed by atoms with E-state index in [0.29, 0.717) is 13.0 Å². The van der Waals surface area contributed by atoms with E-state index in [9.17, 15) is 9.59 Å². The zero-order chi connectivity index (χ0) is 12.8. The van der Waals surface area contributed by atoms with E-state index in [1.807, 2.05) is 6.92 Å². The van der Waals surface area contributed by atoms with E-state index in [4.69, 9.17) is 0 Å². The maximum absolute atomic E-state index is 11.9. The smallest absolute Gasteiger partial charge is 0.225 e. The van der Waals surface area contributed by atoms with Crippen molar-refractivity contribution in [2.45, 2.75) is 52.0 Å². The van der Waals surface area contributed by atoms with Gasteiger partial charge in [-0.3, -0.25) is 9.59 Å². The molecule has 2 amide bonds. The largest absolute Gasteiger partial charge is 0.353 e. The molecule has 1 N–H and O–H groups in total. The van der Waals surface area contributed by atoms with Crippen LogP contribution in [0.3, 0.4) is 0 Å². The summed E-state index contributed by atoms with van der Waals surface area (Å²) in [6, 6.07) is 0.218. The molecule has 0 saturated carbocycles. The zero-order valence-electron chi connectivity index (χ0n) is 11.2. The van der Waals surface area contributed by atoms with Crippen molar-refractivity contribution in [1.82, 2.24) is 10.2 Å². The van der Waals surface area contributed by atoms with Gasteiger partial charge in [0, 0.05) is 26.1 Å². The van der Waals surface area contributed by atoms with E-state index in [1.165, 1.54) is 12.8 Å². The topological polar surface area (TPSA) is 49.4 Å². The SMILES string of the molecule is CCCCC[C@@H](C)NC(=O)[C@H]1CC(=O)N(C)C1. The van der Waals surface area contributed by atoms with Crippen molar-refractivity contribution in [2.75, 3.05) is 13.6 Å². The zero-order valence-corrected chi connectivity index (χ0v) is 11.2. The van der Waals surface area contributed by atoms with Crippen LogP contribution >= 0.6 is 0 Å². The monoisotopic (exact) mass is 240 g/mol. The van der Waals surface area contributed by atoms with Crippen molar-refractivity contribution < 1.29 is 9.59 Å². The van der Waals surface area contributed by atoms with Gasteiger partial charge >= 0.3 is 0 Å². The minimum absolute atomic E-state index is 0.0340. The molecule has 0 aromatic heterocycles. The van der Waals surface area contributed by atoms with E-state index in [2.05, 4.69) is 12.2 Å². The van der Waals surface area contributed by atoms with Crippen LogP contribution in [0.15, 0.2) is 0 Å². The molecular weight excluding hydrogens is 216 g/mol. The van der Waals surface area contributed by atoms with E-state index in [-0.39, 0.29) is 23.8 Å². The number of unbranched alkanes of at least 4 members (excludes halogenated alkanes) is 2. The third kappa shape index (κ3) is 4.36. The lowest BCUT2D eigenvalue weighted by Crippen LogP contribution is -2.38. The van der Waals surface area contributed by atoms with Gasteiger partial charge in [-0.2, -0.15) is 0 Å². The van der Waals surface area contributed by atoms with Crippen LogP contribution in [0.2, 0.25) is 0 Å². The first-order valence-electron chi connectivity index (χ1n) is 6.59. The molecule has 0 spiro atoms. The van der Waals surface area contributed by atoms with Gasteiger partial charge in [0.2, 0.25) is 11.8 Å². The Morgan fingerprint density at radius 3 is 2.76 bits per heavy atom. The highest BCUT2D eigenvalue weighted by Gasteiger charge is 2.32. The lowest BCUT2D eigenvalue weighted by molar-refractivity contribution is -0.128. The number of hydrogen-bond donors (Lipinski definition) is 1. The lowest BCUT2D eigenvalue weighted by atomic mass is 10.1. The Morgan fingerprint density at radius 1 is 1.53 bits per heavy atom. The average molecular weight is 240 g/mol. The molecule has 0 radical (unpaired) electrons. The fraction of sp³-hybridized carbons (Fsp3) is 0.846. The number of nitrogens with zero attached hydrogens (tertiary/aromatic N) is 1. The summed E-state index contributed by atoms with van der Waals surface area (Å²) in [6.07, 6.45) is 4.95. The highest BCUT2D eigenvalue weighted by atomic mass is 16.2. The molecular formula is C13H24N2O2. The van der Waals surface area contributed by atoms with Gasteiger partial charge in [0.25, 0.3) is 0 Å². The van der Waals surface area contributed by atoms with Crippen molar-refractivity contribution in [3.63, 3.8) is 0 Å². The summed E-state index contributed by atoms with van der Waals surface area (Å²) in [6.45, 7) is 4.77. The van der Waals surface area contributed by atoms with E-state index < -0.39 is 0 Å². The highest BCUT2D eigenvalue weighted by molar-refractivity contribution is 5.89. The molecule has 1 aliphatic heterocycles. The predicted octanol–water partition coefficient (Wildman–Crippen LogP) is 1.55. The second kappa shape index (κ2) is 6.62. The van der Waals surface area contributed by atoms with Crippen LogP contribution in [-0.2, 0) is 9.59 Å². The van der Waals surface area contributed by atoms with Gasteiger partial charge in [0.15, 0.2) is 0 Å². The quantitative estimate of drug-likeness (QED) is 0.716. The fourth-order valence-electron chi connectivity index (χ4n) is 2.17. The van der Waals surface area contributed by atoms with Crippen LogP contribution in [0.25, 0.3) is 0 Å². The third-order valence-electron chi connectivity index (χ3n) is 3.34. The second-order valence-corrected chi connectivity index (χ2v) is 5.08. The molecule has 0 aromatic carbocycles. The van der Waals surface area contributed by atoms with Crippen molar-refractivity contribution in [2.24, 2.45) is 5.92 Å². The van der Waals surface area contributed by atoms with Crippen molar-refractivity contribution in [3.05, 3.63) is 0 Å². The molecule has 1 rings (SSSR count). The minimum atomic E-state index is -0.152. The van der Waals surface area contributed by atoms with Crippen molar-refractivity contribution >= 4 is 11.8 Å². The van der Waals surface area contributed by atoms with Crippen LogP contribution < -0.4 is 5.32 Å². The van der Waals surface area contributed by atoms with E-state index in [0.717, 1.165) is 12.8 Å². The molecule has 17 heavy (non-hydrogen) atoms. The molecule has 0 unspecified atom stereocenters. The number of likely N-dealkylation sites (tertiary alicyclic amines) is 1. The number of amides is 2. The molecule has 4 nitrogen and oxygen atoms in total. The second-order valence-electron chi connectivity index (χ2n) is 5.08. The first-order valence-corrected chi connectivity index (χ1v) is 6.59. The summed E-state index contributed by atoms with van der Waals surface area (Å²) >= 11 is 0. The number of carbonyl (C=O) groups excluding carboxylic acids is 2. The third-order valence-corrected chi connectivity index (χ3v) is 3.34.